The first-order valence-electron chi connectivity index (χ1n) is 18.4. The van der Waals surface area contributed by atoms with E-state index in [9.17, 15) is 0 Å². The van der Waals surface area contributed by atoms with Crippen LogP contribution in [0.15, 0.2) is 158 Å². The van der Waals surface area contributed by atoms with E-state index in [2.05, 4.69) is 173 Å². The average Bonchev–Trinajstić information content (AvgIpc) is 3.42. The molecule has 0 fully saturated rings. The SMILES string of the molecule is CC1(C)c2cc(-c3ccc(-c4cccc(-c5nc(-c6ccccc6)nc(-c6cccc7ccccc67)n5)c4)cc3)ccc2-c2ccc([Si](C)(C)C)cc21. The van der Waals surface area contributed by atoms with E-state index in [4.69, 9.17) is 15.0 Å². The van der Waals surface area contributed by atoms with Crippen molar-refractivity contribution in [2.45, 2.75) is 38.9 Å². The van der Waals surface area contributed by atoms with Gasteiger partial charge in [-0.3, -0.25) is 0 Å². The molecule has 3 nitrogen and oxygen atoms in total. The molecule has 9 rings (SSSR count). The Kier molecular flexibility index (Phi) is 7.83. The lowest BCUT2D eigenvalue weighted by Gasteiger charge is -2.24. The highest BCUT2D eigenvalue weighted by molar-refractivity contribution is 6.88. The fraction of sp³-hybridized carbons (Fsp3) is 0.122. The smallest absolute Gasteiger partial charge is 0.164 e. The fourth-order valence-corrected chi connectivity index (χ4v) is 9.00. The van der Waals surface area contributed by atoms with Gasteiger partial charge in [0.1, 0.15) is 0 Å². The number of rotatable bonds is 6. The average molecular weight is 700 g/mol. The summed E-state index contributed by atoms with van der Waals surface area (Å²) in [4.78, 5) is 15.1. The van der Waals surface area contributed by atoms with E-state index < -0.39 is 8.07 Å². The summed E-state index contributed by atoms with van der Waals surface area (Å²) in [6, 6.07) is 56.6. The van der Waals surface area contributed by atoms with Crippen molar-refractivity contribution >= 4 is 24.0 Å². The number of benzene rings is 7. The molecule has 1 aliphatic carbocycles. The molecule has 4 heteroatoms. The quantitative estimate of drug-likeness (QED) is 0.162. The molecule has 0 aliphatic heterocycles. The summed E-state index contributed by atoms with van der Waals surface area (Å²) in [6.07, 6.45) is 0. The standard InChI is InChI=1S/C49H41N3Si/c1-49(2)44-30-37(25-27-41(44)42-28-26-39(31-45(42)49)53(3,4)5)33-23-21-32(22-24-33)36-17-11-18-38(29-36)47-50-46(35-14-7-6-8-15-35)51-48(52-47)43-20-12-16-34-13-9-10-19-40(34)43/h6-31H,1-5H3. The third-order valence-corrected chi connectivity index (χ3v) is 13.0. The topological polar surface area (TPSA) is 38.7 Å². The molecule has 0 radical (unpaired) electrons. The van der Waals surface area contributed by atoms with Crippen LogP contribution in [0, 0.1) is 0 Å². The van der Waals surface area contributed by atoms with Gasteiger partial charge in [0.2, 0.25) is 0 Å². The highest BCUT2D eigenvalue weighted by atomic mass is 28.3. The van der Waals surface area contributed by atoms with E-state index in [1.165, 1.54) is 38.6 Å². The zero-order valence-electron chi connectivity index (χ0n) is 30.9. The van der Waals surface area contributed by atoms with Gasteiger partial charge in [-0.15, -0.1) is 0 Å². The summed E-state index contributed by atoms with van der Waals surface area (Å²) in [6.45, 7) is 12.1. The molecule has 1 aromatic heterocycles. The molecular formula is C49H41N3Si. The van der Waals surface area contributed by atoms with Crippen molar-refractivity contribution in [3.8, 4) is 67.5 Å². The van der Waals surface area contributed by atoms with Gasteiger partial charge in [0.25, 0.3) is 0 Å². The van der Waals surface area contributed by atoms with Crippen molar-refractivity contribution in [1.82, 2.24) is 15.0 Å². The summed E-state index contributed by atoms with van der Waals surface area (Å²) in [5.41, 5.74) is 13.2. The Balaban J connectivity index is 1.06. The highest BCUT2D eigenvalue weighted by Crippen LogP contribution is 2.49. The molecule has 256 valence electrons. The maximum absolute atomic E-state index is 5.09. The van der Waals surface area contributed by atoms with Crippen molar-refractivity contribution in [2.24, 2.45) is 0 Å². The predicted molar refractivity (Wildman–Crippen MR) is 225 cm³/mol. The van der Waals surface area contributed by atoms with E-state index in [1.807, 2.05) is 18.2 Å². The molecule has 8 aromatic rings. The zero-order valence-corrected chi connectivity index (χ0v) is 31.9. The van der Waals surface area contributed by atoms with Crippen LogP contribution in [0.4, 0.5) is 0 Å². The lowest BCUT2D eigenvalue weighted by molar-refractivity contribution is 0.661. The van der Waals surface area contributed by atoms with Crippen molar-refractivity contribution < 1.29 is 0 Å². The van der Waals surface area contributed by atoms with Crippen LogP contribution in [0.25, 0.3) is 78.3 Å². The molecule has 0 bridgehead atoms. The minimum atomic E-state index is -1.41. The lowest BCUT2D eigenvalue weighted by atomic mass is 9.81. The monoisotopic (exact) mass is 699 g/mol. The molecule has 1 aliphatic rings. The third kappa shape index (κ3) is 5.89. The Hall–Kier alpha value is -5.97. The van der Waals surface area contributed by atoms with Gasteiger partial charge < -0.3 is 0 Å². The maximum atomic E-state index is 5.09. The van der Waals surface area contributed by atoms with Crippen LogP contribution in [0.1, 0.15) is 25.0 Å². The number of fused-ring (bicyclic) bond motifs is 4. The Bertz CT molecular complexity index is 2670. The van der Waals surface area contributed by atoms with Crippen molar-refractivity contribution in [3.05, 3.63) is 169 Å². The summed E-state index contributed by atoms with van der Waals surface area (Å²) in [7, 11) is -1.41. The van der Waals surface area contributed by atoms with Crippen LogP contribution >= 0.6 is 0 Å². The van der Waals surface area contributed by atoms with Crippen LogP contribution < -0.4 is 5.19 Å². The summed E-state index contributed by atoms with van der Waals surface area (Å²) in [5.74, 6) is 1.97. The van der Waals surface area contributed by atoms with Gasteiger partial charge >= 0.3 is 0 Å². The lowest BCUT2D eigenvalue weighted by Crippen LogP contribution is -2.38. The highest BCUT2D eigenvalue weighted by Gasteiger charge is 2.36. The van der Waals surface area contributed by atoms with Crippen LogP contribution in [0.3, 0.4) is 0 Å². The van der Waals surface area contributed by atoms with E-state index in [0.717, 1.165) is 38.6 Å². The predicted octanol–water partition coefficient (Wildman–Crippen LogP) is 12.2. The normalized spacial score (nSPS) is 13.2. The van der Waals surface area contributed by atoms with Gasteiger partial charge in [0.05, 0.1) is 8.07 Å². The minimum Gasteiger partial charge on any atom is -0.208 e. The van der Waals surface area contributed by atoms with Gasteiger partial charge in [-0.2, -0.15) is 0 Å². The Morgan fingerprint density at radius 3 is 1.66 bits per heavy atom. The summed E-state index contributed by atoms with van der Waals surface area (Å²) in [5, 5.41) is 3.80. The van der Waals surface area contributed by atoms with Gasteiger partial charge in [-0.1, -0.05) is 184 Å². The molecular weight excluding hydrogens is 659 g/mol. The molecule has 0 spiro atoms. The van der Waals surface area contributed by atoms with E-state index in [0.29, 0.717) is 17.5 Å². The fourth-order valence-electron chi connectivity index (χ4n) is 7.84. The Labute approximate surface area is 313 Å². The molecule has 53 heavy (non-hydrogen) atoms. The van der Waals surface area contributed by atoms with Gasteiger partial charge in [0.15, 0.2) is 17.5 Å². The van der Waals surface area contributed by atoms with E-state index in [1.54, 1.807) is 0 Å². The maximum Gasteiger partial charge on any atom is 0.164 e. The summed E-state index contributed by atoms with van der Waals surface area (Å²) >= 11 is 0. The van der Waals surface area contributed by atoms with Crippen LogP contribution in [0.2, 0.25) is 19.6 Å². The van der Waals surface area contributed by atoms with E-state index >= 15 is 0 Å². The van der Waals surface area contributed by atoms with Gasteiger partial charge in [-0.05, 0) is 67.4 Å². The van der Waals surface area contributed by atoms with Crippen LogP contribution in [-0.4, -0.2) is 23.0 Å². The van der Waals surface area contributed by atoms with E-state index in [-0.39, 0.29) is 5.41 Å². The van der Waals surface area contributed by atoms with Gasteiger partial charge in [-0.25, -0.2) is 15.0 Å². The molecule has 0 unspecified atom stereocenters. The van der Waals surface area contributed by atoms with Crippen molar-refractivity contribution in [1.29, 1.82) is 0 Å². The Morgan fingerprint density at radius 1 is 0.396 bits per heavy atom. The second-order valence-corrected chi connectivity index (χ2v) is 20.8. The number of aromatic nitrogens is 3. The molecule has 1 heterocycles. The zero-order chi connectivity index (χ0) is 36.3. The number of nitrogens with zero attached hydrogens (tertiary/aromatic N) is 3. The van der Waals surface area contributed by atoms with Crippen LogP contribution in [0.5, 0.6) is 0 Å². The second-order valence-electron chi connectivity index (χ2n) is 15.8. The molecule has 0 saturated carbocycles. The molecule has 0 amide bonds. The Morgan fingerprint density at radius 2 is 0.925 bits per heavy atom. The first kappa shape index (κ1) is 32.9. The third-order valence-electron chi connectivity index (χ3n) is 10.9. The molecule has 0 atom stereocenters. The largest absolute Gasteiger partial charge is 0.208 e. The first-order valence-corrected chi connectivity index (χ1v) is 21.9. The van der Waals surface area contributed by atoms with Gasteiger partial charge in [0, 0.05) is 22.1 Å². The minimum absolute atomic E-state index is 0.0421. The second kappa shape index (κ2) is 12.6. The number of hydrogen-bond acceptors (Lipinski definition) is 3. The molecule has 0 saturated heterocycles. The molecule has 0 N–H and O–H groups in total. The van der Waals surface area contributed by atoms with Crippen LogP contribution in [-0.2, 0) is 5.41 Å². The van der Waals surface area contributed by atoms with Crippen molar-refractivity contribution in [2.75, 3.05) is 0 Å². The summed E-state index contributed by atoms with van der Waals surface area (Å²) < 4.78 is 0. The molecule has 7 aromatic carbocycles. The van der Waals surface area contributed by atoms with Crippen molar-refractivity contribution in [3.63, 3.8) is 0 Å². The first-order chi connectivity index (χ1) is 25.6. The number of hydrogen-bond donors (Lipinski definition) is 0.